The van der Waals surface area contributed by atoms with Gasteiger partial charge >= 0.3 is 0 Å². The first-order valence-electron chi connectivity index (χ1n) is 12.5. The van der Waals surface area contributed by atoms with Crippen LogP contribution in [0.15, 0.2) is 0 Å². The molecule has 2 N–H and O–H groups in total. The fourth-order valence-electron chi connectivity index (χ4n) is 3.74. The van der Waals surface area contributed by atoms with Crippen molar-refractivity contribution in [2.24, 2.45) is 5.41 Å². The molecule has 0 saturated carbocycles. The molecule has 0 bridgehead atoms. The first-order chi connectivity index (χ1) is 16.3. The van der Waals surface area contributed by atoms with E-state index in [1.54, 1.807) is 34.9 Å². The van der Waals surface area contributed by atoms with Crippen molar-refractivity contribution in [2.75, 3.05) is 32.9 Å². The maximum atomic E-state index is 12.8. The molecule has 0 aromatic heterocycles. The minimum atomic E-state index is -0.837. The Kier molecular flexibility index (Phi) is 13.0. The van der Waals surface area contributed by atoms with Crippen molar-refractivity contribution in [1.82, 2.24) is 20.4 Å². The van der Waals surface area contributed by atoms with Crippen LogP contribution in [0.2, 0.25) is 0 Å². The maximum Gasteiger partial charge on any atom is 0.243 e. The lowest BCUT2D eigenvalue weighted by Crippen LogP contribution is -2.50. The number of unbranched alkanes of at least 4 members (excludes halogenated alkanes) is 2. The van der Waals surface area contributed by atoms with Gasteiger partial charge in [-0.2, -0.15) is 0 Å². The second kappa shape index (κ2) is 14.6. The Balaban J connectivity index is 2.50. The molecule has 0 spiro atoms. The first kappa shape index (κ1) is 31.1. The van der Waals surface area contributed by atoms with Crippen LogP contribution in [0.5, 0.6) is 0 Å². The summed E-state index contributed by atoms with van der Waals surface area (Å²) < 4.78 is 0. The molecule has 1 saturated heterocycles. The largest absolute Gasteiger partial charge is 0.353 e. The molecule has 1 fully saturated rings. The number of thioether (sulfide) groups is 1. The molecule has 35 heavy (non-hydrogen) atoms. The number of Topliss-reactive ketones (excluding diaryl/α,β-unsaturated/α-hetero) is 1. The molecule has 1 aliphatic rings. The smallest absolute Gasteiger partial charge is 0.243 e. The van der Waals surface area contributed by atoms with Crippen LogP contribution in [-0.2, 0) is 24.0 Å². The Morgan fingerprint density at radius 3 is 2.31 bits per heavy atom. The van der Waals surface area contributed by atoms with Gasteiger partial charge in [0, 0.05) is 50.9 Å². The van der Waals surface area contributed by atoms with Crippen molar-refractivity contribution in [2.45, 2.75) is 90.5 Å². The zero-order valence-corrected chi connectivity index (χ0v) is 23.3. The van der Waals surface area contributed by atoms with E-state index in [-0.39, 0.29) is 60.0 Å². The summed E-state index contributed by atoms with van der Waals surface area (Å²) in [5.74, 6) is -0.0234. The van der Waals surface area contributed by atoms with E-state index in [4.69, 9.17) is 0 Å². The summed E-state index contributed by atoms with van der Waals surface area (Å²) in [6.45, 7) is 10.1. The zero-order chi connectivity index (χ0) is 26.8. The van der Waals surface area contributed by atoms with Gasteiger partial charge in [0.05, 0.1) is 5.25 Å². The van der Waals surface area contributed by atoms with Gasteiger partial charge in [-0.15, -0.1) is 11.8 Å². The van der Waals surface area contributed by atoms with E-state index in [1.807, 2.05) is 13.8 Å². The normalized spacial score (nSPS) is 17.1. The molecule has 0 aromatic rings. The fourth-order valence-corrected chi connectivity index (χ4v) is 4.91. The fraction of sp³-hybridized carbons (Fsp3) is 0.800. The summed E-state index contributed by atoms with van der Waals surface area (Å²) >= 11 is 1.51. The number of amides is 4. The standard InChI is InChI=1S/C25H44N4O5S/c1-17(2)29-22(32)16-19(24(29)34)35-14-10-8-9-11-21(31)28(7)18(15-20(30)25(3,4)5)23(33)27-13-12-26-6/h17-19,26H,8-16H2,1-7H3,(H,27,33). The van der Waals surface area contributed by atoms with Gasteiger partial charge < -0.3 is 15.5 Å². The summed E-state index contributed by atoms with van der Waals surface area (Å²) in [7, 11) is 3.37. The summed E-state index contributed by atoms with van der Waals surface area (Å²) in [6.07, 6.45) is 2.81. The molecule has 1 aliphatic heterocycles. The third kappa shape index (κ3) is 9.91. The monoisotopic (exact) mass is 512 g/mol. The molecule has 2 atom stereocenters. The number of ketones is 1. The molecule has 200 valence electrons. The molecule has 1 heterocycles. The number of hydrogen-bond acceptors (Lipinski definition) is 7. The predicted octanol–water partition coefficient (Wildman–Crippen LogP) is 1.98. The summed E-state index contributed by atoms with van der Waals surface area (Å²) in [4.78, 5) is 65.2. The number of imide groups is 1. The Labute approximate surface area is 214 Å². The van der Waals surface area contributed by atoms with Gasteiger partial charge in [-0.25, -0.2) is 0 Å². The quantitative estimate of drug-likeness (QED) is 0.255. The Hall–Kier alpha value is -1.94. The van der Waals surface area contributed by atoms with Crippen LogP contribution < -0.4 is 10.6 Å². The molecule has 1 rings (SSSR count). The summed E-state index contributed by atoms with van der Waals surface area (Å²) in [6, 6.07) is -0.951. The number of nitrogens with zero attached hydrogens (tertiary/aromatic N) is 2. The van der Waals surface area contributed by atoms with Gasteiger partial charge in [0.2, 0.25) is 23.6 Å². The average Bonchev–Trinajstić information content (AvgIpc) is 3.05. The average molecular weight is 513 g/mol. The zero-order valence-electron chi connectivity index (χ0n) is 22.4. The van der Waals surface area contributed by atoms with E-state index in [9.17, 15) is 24.0 Å². The summed E-state index contributed by atoms with van der Waals surface area (Å²) in [5, 5.41) is 5.44. The number of likely N-dealkylation sites (N-methyl/N-ethyl adjacent to an activating group) is 2. The Morgan fingerprint density at radius 2 is 1.77 bits per heavy atom. The van der Waals surface area contributed by atoms with Crippen molar-refractivity contribution >= 4 is 41.2 Å². The summed E-state index contributed by atoms with van der Waals surface area (Å²) in [5.41, 5.74) is -0.595. The van der Waals surface area contributed by atoms with Crippen LogP contribution in [0.4, 0.5) is 0 Å². The van der Waals surface area contributed by atoms with Gasteiger partial charge in [0.15, 0.2) is 0 Å². The topological polar surface area (TPSA) is 116 Å². The lowest BCUT2D eigenvalue weighted by molar-refractivity contribution is -0.142. The predicted molar refractivity (Wildman–Crippen MR) is 139 cm³/mol. The molecule has 0 aliphatic carbocycles. The number of nitrogens with one attached hydrogen (secondary N) is 2. The molecule has 2 unspecified atom stereocenters. The lowest BCUT2D eigenvalue weighted by Gasteiger charge is -2.29. The van der Waals surface area contributed by atoms with Gasteiger partial charge in [-0.1, -0.05) is 27.2 Å². The van der Waals surface area contributed by atoms with E-state index in [2.05, 4.69) is 10.6 Å². The van der Waals surface area contributed by atoms with Crippen molar-refractivity contribution in [1.29, 1.82) is 0 Å². The van der Waals surface area contributed by atoms with Crippen LogP contribution in [0.1, 0.15) is 73.1 Å². The van der Waals surface area contributed by atoms with Gasteiger partial charge in [0.1, 0.15) is 11.8 Å². The second-order valence-electron chi connectivity index (χ2n) is 10.4. The Morgan fingerprint density at radius 1 is 1.11 bits per heavy atom. The van der Waals surface area contributed by atoms with Crippen LogP contribution >= 0.6 is 11.8 Å². The highest BCUT2D eigenvalue weighted by Gasteiger charge is 2.39. The second-order valence-corrected chi connectivity index (χ2v) is 11.7. The molecule has 0 aromatic carbocycles. The lowest BCUT2D eigenvalue weighted by atomic mass is 9.86. The van der Waals surface area contributed by atoms with Crippen LogP contribution in [-0.4, -0.2) is 89.5 Å². The van der Waals surface area contributed by atoms with Crippen LogP contribution in [0.3, 0.4) is 0 Å². The van der Waals surface area contributed by atoms with Gasteiger partial charge in [-0.05, 0) is 39.5 Å². The van der Waals surface area contributed by atoms with E-state index in [0.29, 0.717) is 19.5 Å². The highest BCUT2D eigenvalue weighted by atomic mass is 32.2. The third-order valence-electron chi connectivity index (χ3n) is 6.07. The number of likely N-dealkylation sites (tertiary alicyclic amines) is 1. The minimum absolute atomic E-state index is 0.0186. The van der Waals surface area contributed by atoms with E-state index in [0.717, 1.165) is 18.6 Å². The number of rotatable bonds is 15. The molecule has 4 amide bonds. The van der Waals surface area contributed by atoms with Crippen molar-refractivity contribution in [3.05, 3.63) is 0 Å². The van der Waals surface area contributed by atoms with Gasteiger partial charge in [0.25, 0.3) is 0 Å². The number of carbonyl (C=O) groups excluding carboxylic acids is 5. The molecule has 0 radical (unpaired) electrons. The molecular weight excluding hydrogens is 468 g/mol. The number of carbonyl (C=O) groups is 5. The third-order valence-corrected chi connectivity index (χ3v) is 7.36. The number of hydrogen-bond donors (Lipinski definition) is 2. The van der Waals surface area contributed by atoms with Crippen molar-refractivity contribution < 1.29 is 24.0 Å². The van der Waals surface area contributed by atoms with E-state index >= 15 is 0 Å². The first-order valence-corrected chi connectivity index (χ1v) is 13.5. The van der Waals surface area contributed by atoms with Gasteiger partial charge in [-0.3, -0.25) is 28.9 Å². The van der Waals surface area contributed by atoms with Crippen molar-refractivity contribution in [3.63, 3.8) is 0 Å². The minimum Gasteiger partial charge on any atom is -0.353 e. The Bertz CT molecular complexity index is 765. The molecular formula is C25H44N4O5S. The maximum absolute atomic E-state index is 12.8. The van der Waals surface area contributed by atoms with E-state index in [1.165, 1.54) is 21.6 Å². The highest BCUT2D eigenvalue weighted by molar-refractivity contribution is 8.00. The van der Waals surface area contributed by atoms with Crippen LogP contribution in [0, 0.1) is 5.41 Å². The molecule has 10 heteroatoms. The highest BCUT2D eigenvalue weighted by Crippen LogP contribution is 2.27. The van der Waals surface area contributed by atoms with E-state index < -0.39 is 11.5 Å². The van der Waals surface area contributed by atoms with Crippen molar-refractivity contribution in [3.8, 4) is 0 Å². The van der Waals surface area contributed by atoms with Crippen LogP contribution in [0.25, 0.3) is 0 Å². The SMILES string of the molecule is CNCCNC(=O)C(CC(=O)C(C)(C)C)N(C)C(=O)CCCCCSC1CC(=O)N(C(C)C)C1=O. The molecule has 9 nitrogen and oxygen atoms in total.